The summed E-state index contributed by atoms with van der Waals surface area (Å²) < 4.78 is 31.4. The van der Waals surface area contributed by atoms with Crippen LogP contribution in [0.4, 0.5) is 8.78 Å². The molecule has 2 heterocycles. The lowest BCUT2D eigenvalue weighted by atomic mass is 10.1. The molecule has 1 saturated heterocycles. The number of ether oxygens (including phenoxy) is 1. The van der Waals surface area contributed by atoms with Crippen molar-refractivity contribution in [2.45, 2.75) is 45.9 Å². The first-order valence-corrected chi connectivity index (χ1v) is 8.90. The van der Waals surface area contributed by atoms with Gasteiger partial charge in [-0.25, -0.2) is 4.68 Å². The third kappa shape index (κ3) is 5.17. The molecule has 10 heteroatoms. The first kappa shape index (κ1) is 22.0. The normalized spacial score (nSPS) is 14.6. The molecule has 3 rings (SSSR count). The van der Waals surface area contributed by atoms with Gasteiger partial charge in [-0.3, -0.25) is 4.79 Å². The van der Waals surface area contributed by atoms with Gasteiger partial charge >= 0.3 is 6.61 Å². The average Bonchev–Trinajstić information content (AvgIpc) is 3.03. The van der Waals surface area contributed by atoms with E-state index in [0.717, 1.165) is 31.5 Å². The van der Waals surface area contributed by atoms with Crippen LogP contribution in [0, 0.1) is 13.8 Å². The minimum Gasteiger partial charge on any atom is -0.434 e. The molecule has 2 N–H and O–H groups in total. The molecule has 0 saturated carbocycles. The van der Waals surface area contributed by atoms with Crippen LogP contribution < -0.4 is 15.4 Å². The van der Waals surface area contributed by atoms with Crippen LogP contribution in [0.15, 0.2) is 18.2 Å². The van der Waals surface area contributed by atoms with E-state index in [1.165, 1.54) is 6.07 Å². The fraction of sp³-hybridized carbons (Fsp3) is 0.500. The summed E-state index contributed by atoms with van der Waals surface area (Å²) in [6.07, 6.45) is 1.87. The van der Waals surface area contributed by atoms with Crippen LogP contribution in [0.2, 0.25) is 0 Å². The topological polar surface area (TPSA) is 81.1 Å². The van der Waals surface area contributed by atoms with Crippen molar-refractivity contribution in [1.29, 1.82) is 0 Å². The number of amides is 1. The van der Waals surface area contributed by atoms with E-state index < -0.39 is 12.5 Å². The monoisotopic (exact) mass is 415 g/mol. The molecular weight excluding hydrogens is 392 g/mol. The number of hydrogen-bond donors (Lipinski definition) is 2. The number of aromatic nitrogens is 3. The van der Waals surface area contributed by atoms with Gasteiger partial charge in [0.15, 0.2) is 5.69 Å². The molecule has 0 bridgehead atoms. The molecule has 1 aliphatic heterocycles. The Labute approximate surface area is 168 Å². The average molecular weight is 416 g/mol. The number of benzene rings is 1. The molecule has 0 spiro atoms. The van der Waals surface area contributed by atoms with E-state index in [0.29, 0.717) is 11.3 Å². The summed E-state index contributed by atoms with van der Waals surface area (Å²) in [6, 6.07) is 5.08. The molecule has 2 aromatic rings. The Morgan fingerprint density at radius 2 is 2.07 bits per heavy atom. The number of hydrogen-bond acceptors (Lipinski definition) is 5. The van der Waals surface area contributed by atoms with E-state index in [1.807, 2.05) is 13.8 Å². The van der Waals surface area contributed by atoms with Crippen LogP contribution in [-0.2, 0) is 6.54 Å². The van der Waals surface area contributed by atoms with Crippen molar-refractivity contribution in [3.8, 4) is 5.75 Å². The van der Waals surface area contributed by atoms with Gasteiger partial charge in [0.05, 0.1) is 11.7 Å². The Hall–Kier alpha value is -2.26. The largest absolute Gasteiger partial charge is 0.434 e. The highest BCUT2D eigenvalue weighted by Gasteiger charge is 2.23. The van der Waals surface area contributed by atoms with Gasteiger partial charge in [-0.05, 0) is 45.8 Å². The lowest BCUT2D eigenvalue weighted by Gasteiger charge is -2.23. The van der Waals surface area contributed by atoms with Crippen LogP contribution in [0.3, 0.4) is 0 Å². The van der Waals surface area contributed by atoms with Crippen LogP contribution >= 0.6 is 12.4 Å². The van der Waals surface area contributed by atoms with Gasteiger partial charge in [-0.15, -0.1) is 17.5 Å². The van der Waals surface area contributed by atoms with Gasteiger partial charge in [-0.2, -0.15) is 8.78 Å². The summed E-state index contributed by atoms with van der Waals surface area (Å²) in [4.78, 5) is 12.5. The summed E-state index contributed by atoms with van der Waals surface area (Å²) >= 11 is 0. The van der Waals surface area contributed by atoms with Gasteiger partial charge < -0.3 is 15.4 Å². The van der Waals surface area contributed by atoms with E-state index in [-0.39, 0.29) is 36.4 Å². The fourth-order valence-corrected chi connectivity index (χ4v) is 3.27. The van der Waals surface area contributed by atoms with E-state index in [2.05, 4.69) is 25.7 Å². The minimum absolute atomic E-state index is 0. The number of nitrogens with one attached hydrogen (secondary N) is 2. The zero-order valence-corrected chi connectivity index (χ0v) is 16.6. The number of halogens is 3. The van der Waals surface area contributed by atoms with Crippen molar-refractivity contribution in [2.24, 2.45) is 0 Å². The van der Waals surface area contributed by atoms with Crippen molar-refractivity contribution < 1.29 is 18.3 Å². The molecule has 1 amide bonds. The number of piperidine rings is 1. The second kappa shape index (κ2) is 9.79. The maximum atomic E-state index is 12.6. The smallest absolute Gasteiger partial charge is 0.387 e. The van der Waals surface area contributed by atoms with Gasteiger partial charge in [0.1, 0.15) is 5.75 Å². The second-order valence-corrected chi connectivity index (χ2v) is 6.62. The maximum Gasteiger partial charge on any atom is 0.387 e. The predicted octanol–water partition coefficient (Wildman–Crippen LogP) is 2.77. The Bertz CT molecular complexity index is 809. The van der Waals surface area contributed by atoms with Crippen LogP contribution in [0.5, 0.6) is 5.75 Å². The highest BCUT2D eigenvalue weighted by Crippen LogP contribution is 2.23. The van der Waals surface area contributed by atoms with Crippen molar-refractivity contribution in [3.63, 3.8) is 0 Å². The van der Waals surface area contributed by atoms with E-state index >= 15 is 0 Å². The number of carbonyl (C=O) groups is 1. The van der Waals surface area contributed by atoms with Crippen molar-refractivity contribution in [1.82, 2.24) is 25.6 Å². The highest BCUT2D eigenvalue weighted by molar-refractivity contribution is 5.93. The second-order valence-electron chi connectivity index (χ2n) is 6.62. The molecule has 154 valence electrons. The Balaban J connectivity index is 0.00000280. The molecule has 28 heavy (non-hydrogen) atoms. The zero-order valence-electron chi connectivity index (χ0n) is 15.7. The Morgan fingerprint density at radius 1 is 1.36 bits per heavy atom. The summed E-state index contributed by atoms with van der Waals surface area (Å²) in [5.74, 6) is -0.344. The fourth-order valence-electron chi connectivity index (χ4n) is 3.27. The van der Waals surface area contributed by atoms with Gasteiger partial charge in [0, 0.05) is 12.1 Å². The van der Waals surface area contributed by atoms with Crippen LogP contribution in [0.25, 0.3) is 0 Å². The van der Waals surface area contributed by atoms with E-state index in [4.69, 9.17) is 0 Å². The SMILES string of the molecule is Cc1ccc(OC(F)F)c(CNC(=O)c2nnn(C3CCNCC3)c2C)c1.Cl. The molecule has 7 nitrogen and oxygen atoms in total. The zero-order chi connectivity index (χ0) is 19.4. The third-order valence-electron chi connectivity index (χ3n) is 4.67. The van der Waals surface area contributed by atoms with Crippen molar-refractivity contribution in [3.05, 3.63) is 40.7 Å². The maximum absolute atomic E-state index is 12.6. The van der Waals surface area contributed by atoms with Gasteiger partial charge in [-0.1, -0.05) is 22.9 Å². The standard InChI is InChI=1S/C18H23F2N5O2.ClH/c1-11-3-4-15(27-18(19)20)13(9-11)10-22-17(26)16-12(2)25(24-23-16)14-5-7-21-8-6-14;/h3-4,9,14,18,21H,5-8,10H2,1-2H3,(H,22,26);1H. The molecule has 0 atom stereocenters. The molecule has 0 radical (unpaired) electrons. The quantitative estimate of drug-likeness (QED) is 0.758. The highest BCUT2D eigenvalue weighted by atomic mass is 35.5. The molecular formula is C18H24ClF2N5O2. The number of carbonyl (C=O) groups excluding carboxylic acids is 1. The lowest BCUT2D eigenvalue weighted by molar-refractivity contribution is -0.0504. The third-order valence-corrected chi connectivity index (χ3v) is 4.67. The van der Waals surface area contributed by atoms with E-state index in [9.17, 15) is 13.6 Å². The van der Waals surface area contributed by atoms with Gasteiger partial charge in [0.25, 0.3) is 5.91 Å². The predicted molar refractivity (Wildman–Crippen MR) is 102 cm³/mol. The molecule has 1 aromatic carbocycles. The number of rotatable bonds is 6. The molecule has 1 fully saturated rings. The first-order chi connectivity index (χ1) is 13.0. The lowest BCUT2D eigenvalue weighted by Crippen LogP contribution is -2.30. The minimum atomic E-state index is -2.92. The number of aryl methyl sites for hydroxylation is 1. The number of alkyl halides is 2. The molecule has 1 aromatic heterocycles. The summed E-state index contributed by atoms with van der Waals surface area (Å²) in [5.41, 5.74) is 2.31. The molecule has 0 aliphatic carbocycles. The van der Waals surface area contributed by atoms with E-state index in [1.54, 1.807) is 16.8 Å². The first-order valence-electron chi connectivity index (χ1n) is 8.90. The van der Waals surface area contributed by atoms with Gasteiger partial charge in [0.2, 0.25) is 0 Å². The summed E-state index contributed by atoms with van der Waals surface area (Å²) in [7, 11) is 0. The number of nitrogens with zero attached hydrogens (tertiary/aromatic N) is 3. The Kier molecular flexibility index (Phi) is 7.70. The van der Waals surface area contributed by atoms with Crippen LogP contribution in [0.1, 0.15) is 46.2 Å². The van der Waals surface area contributed by atoms with Crippen LogP contribution in [-0.4, -0.2) is 40.6 Å². The summed E-state index contributed by atoms with van der Waals surface area (Å²) in [5, 5.41) is 14.2. The molecule has 0 unspecified atom stereocenters. The molecule has 1 aliphatic rings. The van der Waals surface area contributed by atoms with Crippen molar-refractivity contribution in [2.75, 3.05) is 13.1 Å². The Morgan fingerprint density at radius 3 is 2.75 bits per heavy atom. The summed E-state index contributed by atoms with van der Waals surface area (Å²) in [6.45, 7) is 2.61. The van der Waals surface area contributed by atoms with Crippen molar-refractivity contribution >= 4 is 18.3 Å².